The Kier molecular flexibility index (Phi) is 3.56. The molecule has 0 radical (unpaired) electrons. The number of rotatable bonds is 3. The van der Waals surface area contributed by atoms with Crippen LogP contribution in [-0.4, -0.2) is 42.1 Å². The molecule has 0 atom stereocenters. The quantitative estimate of drug-likeness (QED) is 0.803. The molecule has 0 unspecified atom stereocenters. The maximum Gasteiger partial charge on any atom is 0.222 e. The van der Waals surface area contributed by atoms with Gasteiger partial charge in [0.05, 0.1) is 5.69 Å². The molecule has 1 saturated heterocycles. The highest BCUT2D eigenvalue weighted by atomic mass is 16.5. The highest BCUT2D eigenvalue weighted by Crippen LogP contribution is 2.09. The molecule has 1 N–H and O–H groups in total. The fraction of sp³-hybridized carbons (Fsp3) is 0.636. The zero-order chi connectivity index (χ0) is 11.4. The largest absolute Gasteiger partial charge is 0.364 e. The van der Waals surface area contributed by atoms with Gasteiger partial charge in [0.25, 0.3) is 0 Å². The molecule has 1 aliphatic heterocycles. The van der Waals surface area contributed by atoms with Crippen molar-refractivity contribution < 1.29 is 9.32 Å². The zero-order valence-corrected chi connectivity index (χ0v) is 9.53. The molecule has 0 spiro atoms. The Morgan fingerprint density at radius 3 is 2.94 bits per heavy atom. The Morgan fingerprint density at radius 1 is 1.56 bits per heavy atom. The Labute approximate surface area is 94.8 Å². The molecule has 0 aromatic carbocycles. The van der Waals surface area contributed by atoms with Crippen LogP contribution in [0.3, 0.4) is 0 Å². The van der Waals surface area contributed by atoms with E-state index in [0.29, 0.717) is 6.42 Å². The van der Waals surface area contributed by atoms with Crippen LogP contribution >= 0.6 is 0 Å². The lowest BCUT2D eigenvalue weighted by atomic mass is 10.1. The number of carbonyl (C=O) groups is 1. The molecule has 88 valence electrons. The van der Waals surface area contributed by atoms with Crippen molar-refractivity contribution in [1.29, 1.82) is 0 Å². The van der Waals surface area contributed by atoms with E-state index in [1.165, 1.54) is 0 Å². The molecular formula is C11H17N3O2. The third-order valence-electron chi connectivity index (χ3n) is 2.93. The van der Waals surface area contributed by atoms with Gasteiger partial charge >= 0.3 is 0 Å². The third kappa shape index (κ3) is 2.61. The summed E-state index contributed by atoms with van der Waals surface area (Å²) in [6.45, 7) is 5.34. The number of nitrogens with zero attached hydrogens (tertiary/aromatic N) is 2. The first-order valence-corrected chi connectivity index (χ1v) is 5.65. The van der Waals surface area contributed by atoms with Gasteiger partial charge in [0.15, 0.2) is 0 Å². The summed E-state index contributed by atoms with van der Waals surface area (Å²) in [5.74, 6) is 0.224. The average molecular weight is 223 g/mol. The van der Waals surface area contributed by atoms with Crippen molar-refractivity contribution in [3.8, 4) is 0 Å². The highest BCUT2D eigenvalue weighted by Gasteiger charge is 2.16. The van der Waals surface area contributed by atoms with Gasteiger partial charge in [-0.25, -0.2) is 0 Å². The second kappa shape index (κ2) is 5.12. The van der Waals surface area contributed by atoms with Crippen molar-refractivity contribution >= 4 is 5.91 Å². The number of hydrogen-bond acceptors (Lipinski definition) is 4. The van der Waals surface area contributed by atoms with Gasteiger partial charge in [-0.1, -0.05) is 5.16 Å². The van der Waals surface area contributed by atoms with E-state index in [2.05, 4.69) is 10.5 Å². The lowest BCUT2D eigenvalue weighted by molar-refractivity contribution is -0.131. The van der Waals surface area contributed by atoms with Gasteiger partial charge < -0.3 is 14.7 Å². The van der Waals surface area contributed by atoms with Crippen LogP contribution in [0.1, 0.15) is 17.7 Å². The van der Waals surface area contributed by atoms with E-state index in [0.717, 1.165) is 43.9 Å². The number of nitrogens with one attached hydrogen (secondary N) is 1. The Balaban J connectivity index is 1.81. The maximum absolute atomic E-state index is 11.9. The van der Waals surface area contributed by atoms with Crippen molar-refractivity contribution in [3.63, 3.8) is 0 Å². The minimum absolute atomic E-state index is 0.224. The van der Waals surface area contributed by atoms with Crippen LogP contribution in [0.15, 0.2) is 10.8 Å². The first-order chi connectivity index (χ1) is 7.77. The SMILES string of the molecule is Cc1nocc1CCC(=O)N1CCNCC1. The summed E-state index contributed by atoms with van der Waals surface area (Å²) in [7, 11) is 0. The molecule has 0 saturated carbocycles. The van der Waals surface area contributed by atoms with Gasteiger partial charge in [0.2, 0.25) is 5.91 Å². The Morgan fingerprint density at radius 2 is 2.31 bits per heavy atom. The molecule has 0 bridgehead atoms. The van der Waals surface area contributed by atoms with E-state index in [9.17, 15) is 4.79 Å². The summed E-state index contributed by atoms with van der Waals surface area (Å²) >= 11 is 0. The lowest BCUT2D eigenvalue weighted by Gasteiger charge is -2.27. The monoisotopic (exact) mass is 223 g/mol. The van der Waals surface area contributed by atoms with Gasteiger partial charge in [-0.3, -0.25) is 4.79 Å². The predicted molar refractivity (Wildman–Crippen MR) is 59.0 cm³/mol. The molecular weight excluding hydrogens is 206 g/mol. The molecule has 5 heteroatoms. The van der Waals surface area contributed by atoms with Gasteiger partial charge in [-0.15, -0.1) is 0 Å². The van der Waals surface area contributed by atoms with E-state index < -0.39 is 0 Å². The molecule has 1 aromatic heterocycles. The maximum atomic E-state index is 11.9. The molecule has 2 rings (SSSR count). The number of carbonyl (C=O) groups excluding carboxylic acids is 1. The number of aryl methyl sites for hydroxylation is 2. The minimum atomic E-state index is 0.224. The van der Waals surface area contributed by atoms with Crippen LogP contribution in [0.2, 0.25) is 0 Å². The van der Waals surface area contributed by atoms with Crippen LogP contribution < -0.4 is 5.32 Å². The first kappa shape index (κ1) is 11.1. The number of hydrogen-bond donors (Lipinski definition) is 1. The molecule has 5 nitrogen and oxygen atoms in total. The zero-order valence-electron chi connectivity index (χ0n) is 9.53. The fourth-order valence-corrected chi connectivity index (χ4v) is 1.87. The second-order valence-electron chi connectivity index (χ2n) is 4.06. The molecule has 1 aliphatic rings. The van der Waals surface area contributed by atoms with Gasteiger partial charge in [0, 0.05) is 38.2 Å². The van der Waals surface area contributed by atoms with Crippen molar-refractivity contribution in [2.24, 2.45) is 0 Å². The van der Waals surface area contributed by atoms with Crippen molar-refractivity contribution in [2.45, 2.75) is 19.8 Å². The molecule has 1 aromatic rings. The van der Waals surface area contributed by atoms with Crippen LogP contribution in [0.4, 0.5) is 0 Å². The topological polar surface area (TPSA) is 58.4 Å². The minimum Gasteiger partial charge on any atom is -0.364 e. The molecule has 1 amide bonds. The molecule has 16 heavy (non-hydrogen) atoms. The van der Waals surface area contributed by atoms with Crippen LogP contribution in [-0.2, 0) is 11.2 Å². The molecule has 2 heterocycles. The predicted octanol–water partition coefficient (Wildman–Crippen LogP) is 0.347. The summed E-state index contributed by atoms with van der Waals surface area (Å²) in [6, 6.07) is 0. The van der Waals surface area contributed by atoms with Gasteiger partial charge in [-0.2, -0.15) is 0 Å². The smallest absolute Gasteiger partial charge is 0.222 e. The standard InChI is InChI=1S/C11H17N3O2/c1-9-10(8-16-13-9)2-3-11(15)14-6-4-12-5-7-14/h8,12H,2-7H2,1H3. The van der Waals surface area contributed by atoms with E-state index in [4.69, 9.17) is 4.52 Å². The average Bonchev–Trinajstić information content (AvgIpc) is 2.73. The molecule has 0 aliphatic carbocycles. The van der Waals surface area contributed by atoms with E-state index in [1.54, 1.807) is 6.26 Å². The van der Waals surface area contributed by atoms with Gasteiger partial charge in [0.1, 0.15) is 6.26 Å². The first-order valence-electron chi connectivity index (χ1n) is 5.65. The summed E-state index contributed by atoms with van der Waals surface area (Å²) in [5, 5.41) is 7.03. The highest BCUT2D eigenvalue weighted by molar-refractivity contribution is 5.76. The van der Waals surface area contributed by atoms with Gasteiger partial charge in [-0.05, 0) is 13.3 Å². The summed E-state index contributed by atoms with van der Waals surface area (Å²) < 4.78 is 4.84. The van der Waals surface area contributed by atoms with Crippen LogP contribution in [0.25, 0.3) is 0 Å². The van der Waals surface area contributed by atoms with Crippen molar-refractivity contribution in [3.05, 3.63) is 17.5 Å². The van der Waals surface area contributed by atoms with Crippen molar-refractivity contribution in [1.82, 2.24) is 15.4 Å². The number of aromatic nitrogens is 1. The van der Waals surface area contributed by atoms with Crippen LogP contribution in [0, 0.1) is 6.92 Å². The number of amides is 1. The summed E-state index contributed by atoms with van der Waals surface area (Å²) in [6.07, 6.45) is 2.89. The fourth-order valence-electron chi connectivity index (χ4n) is 1.87. The summed E-state index contributed by atoms with van der Waals surface area (Å²) in [5.41, 5.74) is 1.91. The normalized spacial score (nSPS) is 16.4. The Hall–Kier alpha value is -1.36. The summed E-state index contributed by atoms with van der Waals surface area (Å²) in [4.78, 5) is 13.8. The number of piperazine rings is 1. The van der Waals surface area contributed by atoms with Crippen molar-refractivity contribution in [2.75, 3.05) is 26.2 Å². The second-order valence-corrected chi connectivity index (χ2v) is 4.06. The van der Waals surface area contributed by atoms with E-state index >= 15 is 0 Å². The van der Waals surface area contributed by atoms with Crippen LogP contribution in [0.5, 0.6) is 0 Å². The van der Waals surface area contributed by atoms with E-state index in [-0.39, 0.29) is 5.91 Å². The van der Waals surface area contributed by atoms with E-state index in [1.807, 2.05) is 11.8 Å². The third-order valence-corrected chi connectivity index (χ3v) is 2.93. The Bertz CT molecular complexity index is 356. The molecule has 1 fully saturated rings. The lowest BCUT2D eigenvalue weighted by Crippen LogP contribution is -2.46.